The van der Waals surface area contributed by atoms with Crippen molar-refractivity contribution >= 4 is 0 Å². The molecule has 0 heterocycles. The molecule has 114 valence electrons. The van der Waals surface area contributed by atoms with Crippen LogP contribution in [0.15, 0.2) is 18.2 Å². The third-order valence-electron chi connectivity index (χ3n) is 2.26. The molecule has 0 fully saturated rings. The summed E-state index contributed by atoms with van der Waals surface area (Å²) in [5.74, 6) is -2.79. The van der Waals surface area contributed by atoms with Crippen molar-refractivity contribution in [3.63, 3.8) is 0 Å². The van der Waals surface area contributed by atoms with E-state index in [1.54, 1.807) is 0 Å². The molecule has 0 aliphatic heterocycles. The second-order valence-corrected chi connectivity index (χ2v) is 3.89. The number of ether oxygens (including phenoxy) is 2. The monoisotopic (exact) mass is 304 g/mol. The molecule has 20 heavy (non-hydrogen) atoms. The maximum Gasteiger partial charge on any atom is 0.573 e. The van der Waals surface area contributed by atoms with Crippen LogP contribution in [0.3, 0.4) is 0 Å². The summed E-state index contributed by atoms with van der Waals surface area (Å²) in [5, 5.41) is 8.89. The van der Waals surface area contributed by atoms with E-state index in [4.69, 9.17) is 5.11 Å². The van der Waals surface area contributed by atoms with Gasteiger partial charge in [-0.25, -0.2) is 0 Å². The van der Waals surface area contributed by atoms with Crippen molar-refractivity contribution in [2.45, 2.75) is 25.6 Å². The molecular formula is C11H10F6O3. The van der Waals surface area contributed by atoms with E-state index in [1.807, 2.05) is 0 Å². The third kappa shape index (κ3) is 5.16. The summed E-state index contributed by atoms with van der Waals surface area (Å²) >= 11 is 0. The minimum atomic E-state index is -5.16. The Bertz CT molecular complexity index is 454. The largest absolute Gasteiger partial charge is 0.573 e. The molecular weight excluding hydrogens is 294 g/mol. The summed E-state index contributed by atoms with van der Waals surface area (Å²) in [7, 11) is 0. The maximum absolute atomic E-state index is 12.2. The summed E-state index contributed by atoms with van der Waals surface area (Å²) < 4.78 is 79.7. The smallest absolute Gasteiger partial charge is 0.402 e. The number of alkyl halides is 6. The molecule has 1 rings (SSSR count). The highest BCUT2D eigenvalue weighted by Crippen LogP contribution is 2.37. The second-order valence-electron chi connectivity index (χ2n) is 3.89. The Morgan fingerprint density at radius 3 is 1.95 bits per heavy atom. The first-order chi connectivity index (χ1) is 9.02. The molecule has 3 nitrogen and oxygen atoms in total. The fraction of sp³-hybridized carbons (Fsp3) is 0.455. The highest BCUT2D eigenvalue weighted by Gasteiger charge is 2.36. The lowest BCUT2D eigenvalue weighted by Crippen LogP contribution is -2.21. The summed E-state index contributed by atoms with van der Waals surface area (Å²) in [6.07, 6.45) is -10.3. The number of hydrogen-bond donors (Lipinski definition) is 1. The van der Waals surface area contributed by atoms with E-state index in [9.17, 15) is 26.3 Å². The predicted molar refractivity (Wildman–Crippen MR) is 55.3 cm³/mol. The minimum absolute atomic E-state index is 0.182. The zero-order chi connectivity index (χ0) is 15.6. The number of benzene rings is 1. The van der Waals surface area contributed by atoms with E-state index in [0.717, 1.165) is 12.1 Å². The van der Waals surface area contributed by atoms with E-state index in [0.29, 0.717) is 6.07 Å². The molecule has 1 N–H and O–H groups in total. The van der Waals surface area contributed by atoms with Crippen LogP contribution in [0, 0.1) is 0 Å². The topological polar surface area (TPSA) is 38.7 Å². The van der Waals surface area contributed by atoms with Gasteiger partial charge in [-0.1, -0.05) is 13.0 Å². The lowest BCUT2D eigenvalue weighted by atomic mass is 10.0. The standard InChI is InChI=1S/C11H10F6O3/c1-6(5-18)7-2-3-8(19-10(12,13)14)9(4-7)20-11(15,16)17/h2-4,6,18H,5H2,1H3. The van der Waals surface area contributed by atoms with Gasteiger partial charge in [-0.15, -0.1) is 26.3 Å². The maximum atomic E-state index is 12.2. The van der Waals surface area contributed by atoms with Crippen LogP contribution in [0.1, 0.15) is 18.4 Å². The van der Waals surface area contributed by atoms with Gasteiger partial charge < -0.3 is 14.6 Å². The van der Waals surface area contributed by atoms with Crippen LogP contribution in [-0.4, -0.2) is 24.4 Å². The third-order valence-corrected chi connectivity index (χ3v) is 2.26. The Morgan fingerprint density at radius 2 is 1.50 bits per heavy atom. The highest BCUT2D eigenvalue weighted by atomic mass is 19.4. The molecule has 0 amide bonds. The number of aliphatic hydroxyl groups is 1. The zero-order valence-corrected chi connectivity index (χ0v) is 10.0. The van der Waals surface area contributed by atoms with Gasteiger partial charge in [0.15, 0.2) is 11.5 Å². The molecule has 0 bridgehead atoms. The Labute approximate surface area is 109 Å². The molecule has 1 aromatic rings. The summed E-state index contributed by atoms with van der Waals surface area (Å²) in [5.41, 5.74) is 0.182. The van der Waals surface area contributed by atoms with Crippen LogP contribution in [0.5, 0.6) is 11.5 Å². The first kappa shape index (κ1) is 16.4. The fourth-order valence-electron chi connectivity index (χ4n) is 1.35. The Kier molecular flexibility index (Phi) is 4.74. The van der Waals surface area contributed by atoms with Crippen molar-refractivity contribution in [2.24, 2.45) is 0 Å². The summed E-state index contributed by atoms with van der Waals surface area (Å²) in [6.45, 7) is 1.10. The minimum Gasteiger partial charge on any atom is -0.402 e. The van der Waals surface area contributed by atoms with Crippen molar-refractivity contribution in [1.29, 1.82) is 0 Å². The van der Waals surface area contributed by atoms with Crippen molar-refractivity contribution in [2.75, 3.05) is 6.61 Å². The first-order valence-electron chi connectivity index (χ1n) is 5.28. The number of hydrogen-bond acceptors (Lipinski definition) is 3. The van der Waals surface area contributed by atoms with Crippen LogP contribution >= 0.6 is 0 Å². The van der Waals surface area contributed by atoms with Crippen LogP contribution in [0.2, 0.25) is 0 Å². The van der Waals surface area contributed by atoms with Gasteiger partial charge in [-0.3, -0.25) is 0 Å². The molecule has 0 saturated carbocycles. The number of halogens is 6. The van der Waals surface area contributed by atoms with E-state index in [1.165, 1.54) is 6.92 Å². The molecule has 1 aromatic carbocycles. The van der Waals surface area contributed by atoms with Crippen molar-refractivity contribution in [3.05, 3.63) is 23.8 Å². The predicted octanol–water partition coefficient (Wildman–Crippen LogP) is 3.58. The summed E-state index contributed by atoms with van der Waals surface area (Å²) in [4.78, 5) is 0. The molecule has 0 aliphatic carbocycles. The van der Waals surface area contributed by atoms with E-state index < -0.39 is 30.1 Å². The summed E-state index contributed by atoms with van der Waals surface area (Å²) in [6, 6.07) is 2.57. The average molecular weight is 304 g/mol. The molecule has 0 aliphatic rings. The van der Waals surface area contributed by atoms with Gasteiger partial charge in [0, 0.05) is 12.5 Å². The Hall–Kier alpha value is -1.64. The van der Waals surface area contributed by atoms with Gasteiger partial charge in [0.2, 0.25) is 0 Å². The van der Waals surface area contributed by atoms with Crippen LogP contribution in [0.25, 0.3) is 0 Å². The molecule has 9 heteroatoms. The Morgan fingerprint density at radius 1 is 1.00 bits per heavy atom. The zero-order valence-electron chi connectivity index (χ0n) is 10.0. The first-order valence-corrected chi connectivity index (χ1v) is 5.28. The lowest BCUT2D eigenvalue weighted by Gasteiger charge is -2.17. The SMILES string of the molecule is CC(CO)c1ccc(OC(F)(F)F)c(OC(F)(F)F)c1. The van der Waals surface area contributed by atoms with Crippen molar-refractivity contribution in [1.82, 2.24) is 0 Å². The molecule has 0 aromatic heterocycles. The van der Waals surface area contributed by atoms with Gasteiger partial charge in [0.1, 0.15) is 0 Å². The molecule has 0 spiro atoms. The van der Waals surface area contributed by atoms with Gasteiger partial charge in [-0.2, -0.15) is 0 Å². The van der Waals surface area contributed by atoms with Gasteiger partial charge in [-0.05, 0) is 17.7 Å². The second kappa shape index (κ2) is 5.78. The number of aliphatic hydroxyl groups excluding tert-OH is 1. The van der Waals surface area contributed by atoms with E-state index in [2.05, 4.69) is 9.47 Å². The number of rotatable bonds is 4. The Balaban J connectivity index is 3.16. The van der Waals surface area contributed by atoms with Gasteiger partial charge in [0.05, 0.1) is 0 Å². The molecule has 0 saturated heterocycles. The van der Waals surface area contributed by atoms with Gasteiger partial charge >= 0.3 is 12.7 Å². The van der Waals surface area contributed by atoms with Crippen LogP contribution in [-0.2, 0) is 0 Å². The average Bonchev–Trinajstić information content (AvgIpc) is 2.26. The molecule has 1 unspecified atom stereocenters. The van der Waals surface area contributed by atoms with E-state index >= 15 is 0 Å². The van der Waals surface area contributed by atoms with E-state index in [-0.39, 0.29) is 12.2 Å². The fourth-order valence-corrected chi connectivity index (χ4v) is 1.35. The quantitative estimate of drug-likeness (QED) is 0.864. The lowest BCUT2D eigenvalue weighted by molar-refractivity contribution is -0.287. The normalized spacial score (nSPS) is 14.0. The van der Waals surface area contributed by atoms with Crippen molar-refractivity contribution < 1.29 is 40.9 Å². The highest BCUT2D eigenvalue weighted by molar-refractivity contribution is 5.44. The molecule has 0 radical (unpaired) electrons. The van der Waals surface area contributed by atoms with Crippen LogP contribution in [0.4, 0.5) is 26.3 Å². The molecule has 1 atom stereocenters. The van der Waals surface area contributed by atoms with Gasteiger partial charge in [0.25, 0.3) is 0 Å². The van der Waals surface area contributed by atoms with Crippen molar-refractivity contribution in [3.8, 4) is 11.5 Å². The van der Waals surface area contributed by atoms with Crippen LogP contribution < -0.4 is 9.47 Å².